The molecule has 0 aliphatic carbocycles. The van der Waals surface area contributed by atoms with Gasteiger partial charge >= 0.3 is 5.97 Å². The zero-order valence-electron chi connectivity index (χ0n) is 9.62. The molecule has 1 aromatic rings. The number of furan rings is 1. The predicted molar refractivity (Wildman–Crippen MR) is 57.2 cm³/mol. The second-order valence-electron chi connectivity index (χ2n) is 4.26. The minimum absolute atomic E-state index is 0.123. The first-order valence-corrected chi connectivity index (χ1v) is 5.38. The lowest BCUT2D eigenvalue weighted by Gasteiger charge is -2.39. The Morgan fingerprint density at radius 1 is 1.50 bits per heavy atom. The van der Waals surface area contributed by atoms with Crippen LogP contribution in [0.4, 0.5) is 0 Å². The van der Waals surface area contributed by atoms with Crippen molar-refractivity contribution in [2.75, 3.05) is 20.3 Å². The van der Waals surface area contributed by atoms with E-state index < -0.39 is 0 Å². The van der Waals surface area contributed by atoms with Crippen molar-refractivity contribution >= 4 is 5.97 Å². The van der Waals surface area contributed by atoms with Gasteiger partial charge in [-0.1, -0.05) is 0 Å². The number of rotatable bonds is 4. The minimum atomic E-state index is -0.186. The lowest BCUT2D eigenvalue weighted by molar-refractivity contribution is -0.143. The molecule has 4 heteroatoms. The molecule has 2 rings (SSSR count). The van der Waals surface area contributed by atoms with Gasteiger partial charge in [-0.3, -0.25) is 4.79 Å². The average Bonchev–Trinajstić information content (AvgIpc) is 2.63. The molecule has 0 amide bonds. The molecule has 0 aromatic carbocycles. The Kier molecular flexibility index (Phi) is 3.01. The smallest absolute Gasteiger partial charge is 0.305 e. The van der Waals surface area contributed by atoms with Gasteiger partial charge in [0.1, 0.15) is 11.5 Å². The van der Waals surface area contributed by atoms with E-state index >= 15 is 0 Å². The van der Waals surface area contributed by atoms with Crippen molar-refractivity contribution in [1.82, 2.24) is 0 Å². The van der Waals surface area contributed by atoms with Crippen LogP contribution < -0.4 is 0 Å². The number of aryl methyl sites for hydroxylation is 1. The Morgan fingerprint density at radius 3 is 2.69 bits per heavy atom. The summed E-state index contributed by atoms with van der Waals surface area (Å²) in [4.78, 5) is 11.1. The second kappa shape index (κ2) is 4.29. The van der Waals surface area contributed by atoms with Crippen LogP contribution in [-0.4, -0.2) is 26.3 Å². The number of carbonyl (C=O) groups is 1. The Balaban J connectivity index is 2.05. The maximum Gasteiger partial charge on any atom is 0.305 e. The topological polar surface area (TPSA) is 48.7 Å². The van der Waals surface area contributed by atoms with Crippen molar-refractivity contribution in [2.45, 2.75) is 25.2 Å². The molecule has 0 saturated carbocycles. The first kappa shape index (κ1) is 11.2. The number of ether oxygens (including phenoxy) is 2. The van der Waals surface area contributed by atoms with Gasteiger partial charge in [-0.2, -0.15) is 0 Å². The third-order valence-corrected chi connectivity index (χ3v) is 3.06. The van der Waals surface area contributed by atoms with Crippen molar-refractivity contribution in [3.63, 3.8) is 0 Å². The molecule has 0 N–H and O–H groups in total. The molecule has 0 unspecified atom stereocenters. The molecule has 0 spiro atoms. The van der Waals surface area contributed by atoms with Gasteiger partial charge in [0, 0.05) is 6.42 Å². The number of hydrogen-bond donors (Lipinski definition) is 0. The summed E-state index contributed by atoms with van der Waals surface area (Å²) in [6.07, 6.45) is 1.12. The molecule has 1 saturated heterocycles. The van der Waals surface area contributed by atoms with Crippen LogP contribution in [0.2, 0.25) is 0 Å². The van der Waals surface area contributed by atoms with E-state index in [-0.39, 0.29) is 11.4 Å². The monoisotopic (exact) mass is 224 g/mol. The fourth-order valence-electron chi connectivity index (χ4n) is 1.92. The molecule has 1 aliphatic heterocycles. The Bertz CT molecular complexity index is 376. The van der Waals surface area contributed by atoms with E-state index in [2.05, 4.69) is 4.74 Å². The quantitative estimate of drug-likeness (QED) is 0.732. The van der Waals surface area contributed by atoms with Crippen LogP contribution in [0.5, 0.6) is 0 Å². The molecule has 0 radical (unpaired) electrons. The van der Waals surface area contributed by atoms with Crippen molar-refractivity contribution < 1.29 is 18.7 Å². The van der Waals surface area contributed by atoms with Gasteiger partial charge in [0.25, 0.3) is 0 Å². The molecular weight excluding hydrogens is 208 g/mol. The molecule has 0 bridgehead atoms. The molecule has 16 heavy (non-hydrogen) atoms. The highest BCUT2D eigenvalue weighted by molar-refractivity contribution is 5.69. The molecule has 1 aliphatic rings. The Hall–Kier alpha value is -1.29. The largest absolute Gasteiger partial charge is 0.469 e. The van der Waals surface area contributed by atoms with E-state index in [1.165, 1.54) is 7.11 Å². The van der Waals surface area contributed by atoms with Crippen molar-refractivity contribution in [3.8, 4) is 0 Å². The molecule has 1 aromatic heterocycles. The molecule has 88 valence electrons. The fourth-order valence-corrected chi connectivity index (χ4v) is 1.92. The van der Waals surface area contributed by atoms with Gasteiger partial charge < -0.3 is 13.9 Å². The first-order chi connectivity index (χ1) is 7.66. The summed E-state index contributed by atoms with van der Waals surface area (Å²) < 4.78 is 15.5. The summed E-state index contributed by atoms with van der Waals surface area (Å²) in [5.41, 5.74) is -0.123. The summed E-state index contributed by atoms with van der Waals surface area (Å²) in [5, 5.41) is 0. The van der Waals surface area contributed by atoms with Crippen LogP contribution in [0.15, 0.2) is 16.5 Å². The number of carbonyl (C=O) groups excluding carboxylic acids is 1. The van der Waals surface area contributed by atoms with E-state index in [1.54, 1.807) is 0 Å². The molecule has 0 atom stereocenters. The highest BCUT2D eigenvalue weighted by atomic mass is 16.5. The zero-order valence-corrected chi connectivity index (χ0v) is 9.62. The lowest BCUT2D eigenvalue weighted by Crippen LogP contribution is -2.46. The van der Waals surface area contributed by atoms with E-state index in [0.29, 0.717) is 26.1 Å². The van der Waals surface area contributed by atoms with Gasteiger partial charge in [0.15, 0.2) is 0 Å². The third-order valence-electron chi connectivity index (χ3n) is 3.06. The van der Waals surface area contributed by atoms with Gasteiger partial charge in [-0.25, -0.2) is 0 Å². The molecule has 2 heterocycles. The summed E-state index contributed by atoms with van der Waals surface area (Å²) in [7, 11) is 1.41. The SMILES string of the molecule is COC(=O)CCC1(c2ccc(C)o2)COC1. The van der Waals surface area contributed by atoms with Crippen LogP contribution in [-0.2, 0) is 19.7 Å². The molecule has 4 nitrogen and oxygen atoms in total. The summed E-state index contributed by atoms with van der Waals surface area (Å²) in [6, 6.07) is 3.91. The van der Waals surface area contributed by atoms with Gasteiger partial charge in [0.2, 0.25) is 0 Å². The maximum absolute atomic E-state index is 11.1. The van der Waals surface area contributed by atoms with E-state index in [9.17, 15) is 4.79 Å². The fraction of sp³-hybridized carbons (Fsp3) is 0.583. The van der Waals surface area contributed by atoms with Crippen molar-refractivity contribution in [2.24, 2.45) is 0 Å². The number of hydrogen-bond acceptors (Lipinski definition) is 4. The molecular formula is C12H16O4. The maximum atomic E-state index is 11.1. The van der Waals surface area contributed by atoms with Gasteiger partial charge in [-0.15, -0.1) is 0 Å². The Labute approximate surface area is 94.5 Å². The standard InChI is InChI=1S/C12H16O4/c1-9-3-4-10(16-9)12(7-15-8-12)6-5-11(13)14-2/h3-4H,5-8H2,1-2H3. The minimum Gasteiger partial charge on any atom is -0.469 e. The van der Waals surface area contributed by atoms with E-state index in [0.717, 1.165) is 11.5 Å². The van der Waals surface area contributed by atoms with Crippen LogP contribution in [0, 0.1) is 6.92 Å². The summed E-state index contributed by atoms with van der Waals surface area (Å²) in [5.74, 6) is 1.62. The third kappa shape index (κ3) is 1.97. The van der Waals surface area contributed by atoms with Crippen LogP contribution in [0.1, 0.15) is 24.4 Å². The van der Waals surface area contributed by atoms with Gasteiger partial charge in [-0.05, 0) is 25.5 Å². The first-order valence-electron chi connectivity index (χ1n) is 5.38. The highest BCUT2D eigenvalue weighted by Crippen LogP contribution is 2.37. The number of methoxy groups -OCH3 is 1. The lowest BCUT2D eigenvalue weighted by atomic mass is 9.79. The van der Waals surface area contributed by atoms with Crippen LogP contribution in [0.3, 0.4) is 0 Å². The van der Waals surface area contributed by atoms with Crippen LogP contribution >= 0.6 is 0 Å². The van der Waals surface area contributed by atoms with E-state index in [4.69, 9.17) is 9.15 Å². The summed E-state index contributed by atoms with van der Waals surface area (Å²) in [6.45, 7) is 3.16. The van der Waals surface area contributed by atoms with E-state index in [1.807, 2.05) is 19.1 Å². The van der Waals surface area contributed by atoms with Crippen LogP contribution in [0.25, 0.3) is 0 Å². The zero-order chi connectivity index (χ0) is 11.6. The summed E-state index contributed by atoms with van der Waals surface area (Å²) >= 11 is 0. The van der Waals surface area contributed by atoms with Crippen molar-refractivity contribution in [3.05, 3.63) is 23.7 Å². The van der Waals surface area contributed by atoms with Gasteiger partial charge in [0.05, 0.1) is 25.7 Å². The highest BCUT2D eigenvalue weighted by Gasteiger charge is 2.43. The molecule has 1 fully saturated rings. The average molecular weight is 224 g/mol. The number of esters is 1. The van der Waals surface area contributed by atoms with Crippen molar-refractivity contribution in [1.29, 1.82) is 0 Å². The Morgan fingerprint density at radius 2 is 2.25 bits per heavy atom. The predicted octanol–water partition coefficient (Wildman–Crippen LogP) is 1.81. The second-order valence-corrected chi connectivity index (χ2v) is 4.26. The normalized spacial score (nSPS) is 17.9.